The van der Waals surface area contributed by atoms with Crippen molar-refractivity contribution in [1.29, 1.82) is 0 Å². The lowest BCUT2D eigenvalue weighted by Crippen LogP contribution is -2.23. The number of benzene rings is 1. The highest BCUT2D eigenvalue weighted by Gasteiger charge is 2.27. The van der Waals surface area contributed by atoms with Crippen molar-refractivity contribution >= 4 is 9.84 Å². The predicted octanol–water partition coefficient (Wildman–Crippen LogP) is 2.18. The van der Waals surface area contributed by atoms with Gasteiger partial charge in [-0.1, -0.05) is 24.3 Å². The number of pyridine rings is 1. The van der Waals surface area contributed by atoms with Crippen LogP contribution < -0.4 is 10.1 Å². The number of sulfone groups is 1. The molecule has 0 aliphatic carbocycles. The fraction of sp³-hybridized carbons (Fsp3) is 0.389. The molecule has 0 radical (unpaired) electrons. The van der Waals surface area contributed by atoms with E-state index >= 15 is 0 Å². The van der Waals surface area contributed by atoms with Crippen molar-refractivity contribution in [1.82, 2.24) is 10.3 Å². The summed E-state index contributed by atoms with van der Waals surface area (Å²) in [6, 6.07) is 13.6. The van der Waals surface area contributed by atoms with Crippen LogP contribution in [-0.4, -0.2) is 31.5 Å². The fourth-order valence-electron chi connectivity index (χ4n) is 2.87. The summed E-state index contributed by atoms with van der Waals surface area (Å²) in [5.41, 5.74) is 1.95. The monoisotopic (exact) mass is 346 g/mol. The van der Waals surface area contributed by atoms with Gasteiger partial charge >= 0.3 is 0 Å². The standard InChI is InChI=1S/C18H22N2O3S/c21-24(22)10-8-15(14-24)11-19-12-16-5-1-2-7-18(16)23-13-17-6-3-4-9-20-17/h1-7,9,15,19H,8,10-14H2. The molecule has 1 unspecified atom stereocenters. The maximum Gasteiger partial charge on any atom is 0.150 e. The molecule has 1 atom stereocenters. The molecule has 0 amide bonds. The molecule has 1 fully saturated rings. The van der Waals surface area contributed by atoms with Crippen LogP contribution in [0.15, 0.2) is 48.7 Å². The zero-order chi connectivity index (χ0) is 16.8. The van der Waals surface area contributed by atoms with E-state index in [4.69, 9.17) is 4.74 Å². The maximum absolute atomic E-state index is 11.5. The average molecular weight is 346 g/mol. The molecule has 0 spiro atoms. The highest BCUT2D eigenvalue weighted by atomic mass is 32.2. The average Bonchev–Trinajstić information content (AvgIpc) is 2.94. The second-order valence-electron chi connectivity index (χ2n) is 6.12. The topological polar surface area (TPSA) is 68.3 Å². The highest BCUT2D eigenvalue weighted by Crippen LogP contribution is 2.20. The maximum atomic E-state index is 11.5. The van der Waals surface area contributed by atoms with Gasteiger partial charge in [-0.3, -0.25) is 4.98 Å². The molecule has 128 valence electrons. The van der Waals surface area contributed by atoms with Crippen molar-refractivity contribution in [2.75, 3.05) is 18.1 Å². The van der Waals surface area contributed by atoms with E-state index in [1.165, 1.54) is 0 Å². The zero-order valence-corrected chi connectivity index (χ0v) is 14.3. The first-order chi connectivity index (χ1) is 11.6. The van der Waals surface area contributed by atoms with E-state index in [9.17, 15) is 8.42 Å². The normalized spacial score (nSPS) is 19.2. The van der Waals surface area contributed by atoms with Gasteiger partial charge < -0.3 is 10.1 Å². The second-order valence-corrected chi connectivity index (χ2v) is 8.35. The molecular formula is C18H22N2O3S. The van der Waals surface area contributed by atoms with Gasteiger partial charge in [-0.25, -0.2) is 8.42 Å². The van der Waals surface area contributed by atoms with Crippen LogP contribution >= 0.6 is 0 Å². The Hall–Kier alpha value is -1.92. The largest absolute Gasteiger partial charge is 0.487 e. The Balaban J connectivity index is 1.52. The summed E-state index contributed by atoms with van der Waals surface area (Å²) < 4.78 is 28.9. The van der Waals surface area contributed by atoms with Crippen LogP contribution in [0.25, 0.3) is 0 Å². The van der Waals surface area contributed by atoms with Crippen molar-refractivity contribution in [3.8, 4) is 5.75 Å². The minimum absolute atomic E-state index is 0.219. The number of ether oxygens (including phenoxy) is 1. The van der Waals surface area contributed by atoms with E-state index in [1.807, 2.05) is 42.5 Å². The van der Waals surface area contributed by atoms with E-state index in [0.717, 1.165) is 23.4 Å². The molecule has 0 bridgehead atoms. The zero-order valence-electron chi connectivity index (χ0n) is 13.5. The fourth-order valence-corrected chi connectivity index (χ4v) is 4.73. The Morgan fingerprint density at radius 3 is 2.75 bits per heavy atom. The van der Waals surface area contributed by atoms with E-state index in [0.29, 0.717) is 31.2 Å². The van der Waals surface area contributed by atoms with E-state index < -0.39 is 9.84 Å². The van der Waals surface area contributed by atoms with Crippen LogP contribution in [0.1, 0.15) is 17.7 Å². The summed E-state index contributed by atoms with van der Waals surface area (Å²) in [6.45, 7) is 1.81. The Morgan fingerprint density at radius 2 is 2.00 bits per heavy atom. The molecule has 1 N–H and O–H groups in total. The van der Waals surface area contributed by atoms with Gasteiger partial charge in [0, 0.05) is 18.3 Å². The molecule has 0 saturated carbocycles. The smallest absolute Gasteiger partial charge is 0.150 e. The molecule has 3 rings (SSSR count). The number of para-hydroxylation sites is 1. The van der Waals surface area contributed by atoms with Crippen molar-refractivity contribution in [2.45, 2.75) is 19.6 Å². The third-order valence-electron chi connectivity index (χ3n) is 4.15. The Bertz CT molecular complexity index is 763. The van der Waals surface area contributed by atoms with Gasteiger partial charge in [-0.05, 0) is 37.1 Å². The molecule has 2 heterocycles. The SMILES string of the molecule is O=S1(=O)CCC(CNCc2ccccc2OCc2ccccn2)C1. The number of aromatic nitrogens is 1. The molecule has 1 aliphatic heterocycles. The summed E-state index contributed by atoms with van der Waals surface area (Å²) in [4.78, 5) is 4.25. The van der Waals surface area contributed by atoms with Gasteiger partial charge in [-0.2, -0.15) is 0 Å². The van der Waals surface area contributed by atoms with Crippen molar-refractivity contribution in [3.05, 3.63) is 59.9 Å². The van der Waals surface area contributed by atoms with E-state index in [2.05, 4.69) is 10.3 Å². The molecule has 1 aromatic heterocycles. The van der Waals surface area contributed by atoms with Crippen LogP contribution in [0.4, 0.5) is 0 Å². The molecule has 1 aromatic carbocycles. The third kappa shape index (κ3) is 4.79. The van der Waals surface area contributed by atoms with Gasteiger partial charge in [-0.15, -0.1) is 0 Å². The number of hydrogen-bond donors (Lipinski definition) is 1. The predicted molar refractivity (Wildman–Crippen MR) is 93.5 cm³/mol. The lowest BCUT2D eigenvalue weighted by molar-refractivity contribution is 0.297. The molecule has 5 nitrogen and oxygen atoms in total. The minimum atomic E-state index is -2.81. The van der Waals surface area contributed by atoms with Gasteiger partial charge in [0.25, 0.3) is 0 Å². The van der Waals surface area contributed by atoms with E-state index in [-0.39, 0.29) is 5.92 Å². The Morgan fingerprint density at radius 1 is 1.17 bits per heavy atom. The number of rotatable bonds is 7. The van der Waals surface area contributed by atoms with Crippen LogP contribution in [0.5, 0.6) is 5.75 Å². The number of nitrogens with zero attached hydrogens (tertiary/aromatic N) is 1. The minimum Gasteiger partial charge on any atom is -0.487 e. The van der Waals surface area contributed by atoms with E-state index in [1.54, 1.807) is 6.20 Å². The van der Waals surface area contributed by atoms with Gasteiger partial charge in [0.1, 0.15) is 12.4 Å². The molecule has 1 saturated heterocycles. The van der Waals surface area contributed by atoms with Crippen molar-refractivity contribution in [2.24, 2.45) is 5.92 Å². The lowest BCUT2D eigenvalue weighted by Gasteiger charge is -2.13. The molecule has 24 heavy (non-hydrogen) atoms. The first kappa shape index (κ1) is 16.9. The van der Waals surface area contributed by atoms with Crippen LogP contribution in [0.2, 0.25) is 0 Å². The number of nitrogens with one attached hydrogen (secondary N) is 1. The molecule has 6 heteroatoms. The van der Waals surface area contributed by atoms with Gasteiger partial charge in [0.2, 0.25) is 0 Å². The molecular weight excluding hydrogens is 324 g/mol. The van der Waals surface area contributed by atoms with Gasteiger partial charge in [0.15, 0.2) is 9.84 Å². The van der Waals surface area contributed by atoms with Gasteiger partial charge in [0.05, 0.1) is 17.2 Å². The summed E-state index contributed by atoms with van der Waals surface area (Å²) in [7, 11) is -2.81. The van der Waals surface area contributed by atoms with Crippen molar-refractivity contribution in [3.63, 3.8) is 0 Å². The summed E-state index contributed by atoms with van der Waals surface area (Å²) in [5, 5.41) is 3.36. The highest BCUT2D eigenvalue weighted by molar-refractivity contribution is 7.91. The number of hydrogen-bond acceptors (Lipinski definition) is 5. The lowest BCUT2D eigenvalue weighted by atomic mass is 10.1. The van der Waals surface area contributed by atoms with Crippen LogP contribution in [0, 0.1) is 5.92 Å². The molecule has 1 aliphatic rings. The summed E-state index contributed by atoms with van der Waals surface area (Å²) in [6.07, 6.45) is 2.51. The van der Waals surface area contributed by atoms with Crippen LogP contribution in [0.3, 0.4) is 0 Å². The molecule has 2 aromatic rings. The van der Waals surface area contributed by atoms with Crippen LogP contribution in [-0.2, 0) is 23.0 Å². The summed E-state index contributed by atoms with van der Waals surface area (Å²) >= 11 is 0. The Labute approximate surface area is 143 Å². The quantitative estimate of drug-likeness (QED) is 0.832. The first-order valence-electron chi connectivity index (χ1n) is 8.14. The second kappa shape index (κ2) is 7.77. The third-order valence-corrected chi connectivity index (χ3v) is 5.99. The first-order valence-corrected chi connectivity index (χ1v) is 9.96. The Kier molecular flexibility index (Phi) is 5.48. The summed E-state index contributed by atoms with van der Waals surface area (Å²) in [5.74, 6) is 1.67. The van der Waals surface area contributed by atoms with Crippen molar-refractivity contribution < 1.29 is 13.2 Å².